The second-order valence-electron chi connectivity index (χ2n) is 6.93. The first-order valence-corrected chi connectivity index (χ1v) is 11.5. The van der Waals surface area contributed by atoms with E-state index in [0.717, 1.165) is 4.90 Å². The van der Waals surface area contributed by atoms with Crippen molar-refractivity contribution >= 4 is 58.2 Å². The van der Waals surface area contributed by atoms with E-state index in [1.807, 2.05) is 18.2 Å². The lowest BCUT2D eigenvalue weighted by Crippen LogP contribution is -2.22. The number of nitrogens with one attached hydrogen (secondary N) is 2. The number of halogens is 2. The zero-order chi connectivity index (χ0) is 24.0. The molecule has 0 aromatic heterocycles. The van der Waals surface area contributed by atoms with Crippen LogP contribution >= 0.6 is 35.0 Å². The highest BCUT2D eigenvalue weighted by molar-refractivity contribution is 8.00. The number of benzene rings is 3. The number of thioether (sulfide) groups is 1. The molecule has 3 aromatic rings. The molecule has 3 aromatic carbocycles. The van der Waals surface area contributed by atoms with E-state index in [4.69, 9.17) is 32.7 Å². The van der Waals surface area contributed by atoms with Crippen molar-refractivity contribution in [3.05, 3.63) is 76.3 Å². The van der Waals surface area contributed by atoms with Gasteiger partial charge in [0, 0.05) is 21.8 Å². The van der Waals surface area contributed by atoms with Gasteiger partial charge >= 0.3 is 0 Å². The lowest BCUT2D eigenvalue weighted by atomic mass is 10.2. The molecule has 9 heteroatoms. The first-order chi connectivity index (χ1) is 15.8. The summed E-state index contributed by atoms with van der Waals surface area (Å²) in [5, 5.41) is 6.08. The summed E-state index contributed by atoms with van der Waals surface area (Å²) in [5.41, 5.74) is 1.61. The smallest absolute Gasteiger partial charge is 0.255 e. The largest absolute Gasteiger partial charge is 0.493 e. The molecular weight excluding hydrogens is 483 g/mol. The summed E-state index contributed by atoms with van der Waals surface area (Å²) < 4.78 is 10.5. The van der Waals surface area contributed by atoms with E-state index in [-0.39, 0.29) is 11.8 Å². The summed E-state index contributed by atoms with van der Waals surface area (Å²) in [6.45, 7) is 1.80. The van der Waals surface area contributed by atoms with Gasteiger partial charge in [0.05, 0.1) is 29.5 Å². The Labute approximate surface area is 206 Å². The summed E-state index contributed by atoms with van der Waals surface area (Å²) in [5.74, 6) is 0.540. The molecule has 0 aliphatic heterocycles. The molecule has 0 saturated heterocycles. The standard InChI is InChI=1S/C24H22Cl2N2O4S/c1-14(23(29)27-17-8-9-19(25)20(26)13-17)33-18-6-4-5-16(12-18)28-24(30)15-7-10-21(31-2)22(11-15)32-3/h4-14H,1-3H3,(H,27,29)(H,28,30). The molecule has 6 nitrogen and oxygen atoms in total. The highest BCUT2D eigenvalue weighted by Gasteiger charge is 2.16. The molecule has 172 valence electrons. The highest BCUT2D eigenvalue weighted by atomic mass is 35.5. The monoisotopic (exact) mass is 504 g/mol. The van der Waals surface area contributed by atoms with Gasteiger partial charge < -0.3 is 20.1 Å². The van der Waals surface area contributed by atoms with Gasteiger partial charge in [-0.3, -0.25) is 9.59 Å². The van der Waals surface area contributed by atoms with Crippen molar-refractivity contribution in [2.75, 3.05) is 24.9 Å². The van der Waals surface area contributed by atoms with Gasteiger partial charge in [0.25, 0.3) is 5.91 Å². The Bertz CT molecular complexity index is 1170. The van der Waals surface area contributed by atoms with Crippen molar-refractivity contribution in [2.45, 2.75) is 17.1 Å². The fourth-order valence-electron chi connectivity index (χ4n) is 2.90. The fourth-order valence-corrected chi connectivity index (χ4v) is 4.13. The van der Waals surface area contributed by atoms with Crippen molar-refractivity contribution in [3.63, 3.8) is 0 Å². The van der Waals surface area contributed by atoms with E-state index in [1.54, 1.807) is 49.4 Å². The van der Waals surface area contributed by atoms with Crippen molar-refractivity contribution in [1.82, 2.24) is 0 Å². The lowest BCUT2D eigenvalue weighted by Gasteiger charge is -2.14. The van der Waals surface area contributed by atoms with E-state index in [9.17, 15) is 9.59 Å². The number of methoxy groups -OCH3 is 2. The molecule has 0 bridgehead atoms. The van der Waals surface area contributed by atoms with Crippen LogP contribution in [0.25, 0.3) is 0 Å². The van der Waals surface area contributed by atoms with E-state index in [2.05, 4.69) is 10.6 Å². The third-order valence-corrected chi connectivity index (χ3v) is 6.44. The molecule has 2 amide bonds. The Hall–Kier alpha value is -2.87. The molecular formula is C24H22Cl2N2O4S. The number of rotatable bonds is 8. The van der Waals surface area contributed by atoms with Crippen molar-refractivity contribution in [1.29, 1.82) is 0 Å². The summed E-state index contributed by atoms with van der Waals surface area (Å²) in [4.78, 5) is 26.1. The van der Waals surface area contributed by atoms with Crippen LogP contribution in [0.4, 0.5) is 11.4 Å². The van der Waals surface area contributed by atoms with Crippen LogP contribution in [0.2, 0.25) is 10.0 Å². The minimum atomic E-state index is -0.392. The van der Waals surface area contributed by atoms with Gasteiger partial charge in [-0.15, -0.1) is 11.8 Å². The predicted molar refractivity (Wildman–Crippen MR) is 134 cm³/mol. The Morgan fingerprint density at radius 1 is 0.848 bits per heavy atom. The number of anilines is 2. The number of hydrogen-bond donors (Lipinski definition) is 2. The molecule has 0 fully saturated rings. The molecule has 0 heterocycles. The lowest BCUT2D eigenvalue weighted by molar-refractivity contribution is -0.115. The summed E-state index contributed by atoms with van der Waals surface area (Å²) >= 11 is 13.3. The molecule has 0 spiro atoms. The Balaban J connectivity index is 1.64. The quantitative estimate of drug-likeness (QED) is 0.348. The van der Waals surface area contributed by atoms with Crippen molar-refractivity contribution in [2.24, 2.45) is 0 Å². The van der Waals surface area contributed by atoms with Crippen LogP contribution in [-0.2, 0) is 4.79 Å². The third kappa shape index (κ3) is 6.57. The van der Waals surface area contributed by atoms with Crippen LogP contribution in [0.5, 0.6) is 11.5 Å². The SMILES string of the molecule is COc1ccc(C(=O)Nc2cccc(SC(C)C(=O)Nc3ccc(Cl)c(Cl)c3)c2)cc1OC. The molecule has 0 radical (unpaired) electrons. The molecule has 3 rings (SSSR count). The van der Waals surface area contributed by atoms with Gasteiger partial charge in [0.2, 0.25) is 5.91 Å². The van der Waals surface area contributed by atoms with Crippen LogP contribution in [0.1, 0.15) is 17.3 Å². The normalized spacial score (nSPS) is 11.4. The first-order valence-electron chi connectivity index (χ1n) is 9.86. The number of ether oxygens (including phenoxy) is 2. The van der Waals surface area contributed by atoms with Crippen molar-refractivity contribution in [3.8, 4) is 11.5 Å². The second-order valence-corrected chi connectivity index (χ2v) is 9.16. The summed E-state index contributed by atoms with van der Waals surface area (Å²) in [7, 11) is 3.05. The molecule has 0 aliphatic carbocycles. The van der Waals surface area contributed by atoms with Gasteiger partial charge in [-0.1, -0.05) is 29.3 Å². The minimum absolute atomic E-state index is 0.182. The van der Waals surface area contributed by atoms with Crippen LogP contribution in [0.15, 0.2) is 65.6 Å². The Kier molecular flexibility index (Phi) is 8.49. The summed E-state index contributed by atoms with van der Waals surface area (Å²) in [6.07, 6.45) is 0. The highest BCUT2D eigenvalue weighted by Crippen LogP contribution is 2.30. The van der Waals surface area contributed by atoms with Gasteiger partial charge in [-0.2, -0.15) is 0 Å². The number of amides is 2. The molecule has 33 heavy (non-hydrogen) atoms. The zero-order valence-corrected chi connectivity index (χ0v) is 20.5. The van der Waals surface area contributed by atoms with Gasteiger partial charge in [-0.05, 0) is 61.5 Å². The second kappa shape index (κ2) is 11.3. The first kappa shape index (κ1) is 24.8. The van der Waals surface area contributed by atoms with Gasteiger partial charge in [0.1, 0.15) is 0 Å². The Morgan fingerprint density at radius 2 is 1.58 bits per heavy atom. The number of carbonyl (C=O) groups excluding carboxylic acids is 2. The summed E-state index contributed by atoms with van der Waals surface area (Å²) in [6, 6.07) is 17.1. The predicted octanol–water partition coefficient (Wildman–Crippen LogP) is 6.38. The number of carbonyl (C=O) groups is 2. The third-order valence-electron chi connectivity index (χ3n) is 4.61. The van der Waals surface area contributed by atoms with E-state index in [0.29, 0.717) is 38.5 Å². The van der Waals surface area contributed by atoms with Crippen LogP contribution < -0.4 is 20.1 Å². The molecule has 0 saturated carbocycles. The van der Waals surface area contributed by atoms with Crippen LogP contribution in [-0.4, -0.2) is 31.3 Å². The maximum atomic E-state index is 12.7. The average Bonchev–Trinajstić information content (AvgIpc) is 2.81. The van der Waals surface area contributed by atoms with Gasteiger partial charge in [-0.25, -0.2) is 0 Å². The van der Waals surface area contributed by atoms with Crippen molar-refractivity contribution < 1.29 is 19.1 Å². The fraction of sp³-hybridized carbons (Fsp3) is 0.167. The zero-order valence-electron chi connectivity index (χ0n) is 18.1. The molecule has 1 atom stereocenters. The maximum absolute atomic E-state index is 12.7. The molecule has 2 N–H and O–H groups in total. The van der Waals surface area contributed by atoms with Crippen LogP contribution in [0.3, 0.4) is 0 Å². The molecule has 0 aliphatic rings. The average molecular weight is 505 g/mol. The van der Waals surface area contributed by atoms with E-state index in [1.165, 1.54) is 26.0 Å². The molecule has 1 unspecified atom stereocenters. The van der Waals surface area contributed by atoms with Crippen LogP contribution in [0, 0.1) is 0 Å². The van der Waals surface area contributed by atoms with Gasteiger partial charge in [0.15, 0.2) is 11.5 Å². The minimum Gasteiger partial charge on any atom is -0.493 e. The van der Waals surface area contributed by atoms with E-state index < -0.39 is 5.25 Å². The van der Waals surface area contributed by atoms with E-state index >= 15 is 0 Å². The Morgan fingerprint density at radius 3 is 2.27 bits per heavy atom. The topological polar surface area (TPSA) is 76.7 Å². The number of hydrogen-bond acceptors (Lipinski definition) is 5. The maximum Gasteiger partial charge on any atom is 0.255 e.